The molecule has 0 unspecified atom stereocenters. The first-order valence-corrected chi connectivity index (χ1v) is 6.46. The highest BCUT2D eigenvalue weighted by atomic mass is 32.2. The van der Waals surface area contributed by atoms with Crippen molar-refractivity contribution in [2.24, 2.45) is 0 Å². The average molecular weight is 234 g/mol. The van der Waals surface area contributed by atoms with E-state index in [-0.39, 0.29) is 0 Å². The Morgan fingerprint density at radius 2 is 2.31 bits per heavy atom. The molecule has 0 fully saturated rings. The van der Waals surface area contributed by atoms with E-state index in [1.54, 1.807) is 12.5 Å². The molecule has 0 spiro atoms. The highest BCUT2D eigenvalue weighted by Gasteiger charge is 1.98. The largest absolute Gasteiger partial charge is 0.472 e. The number of anilines is 1. The predicted molar refractivity (Wildman–Crippen MR) is 67.5 cm³/mol. The third kappa shape index (κ3) is 3.03. The number of hydrogen-bond donors (Lipinski definition) is 1. The van der Waals surface area contributed by atoms with E-state index in [1.165, 1.54) is 5.56 Å². The summed E-state index contributed by atoms with van der Waals surface area (Å²) in [5.74, 6) is 1.93. The highest BCUT2D eigenvalue weighted by Crippen LogP contribution is 2.13. The number of nitrogens with one attached hydrogen (secondary N) is 1. The van der Waals surface area contributed by atoms with Gasteiger partial charge in [-0.3, -0.25) is 0 Å². The lowest BCUT2D eigenvalue weighted by Crippen LogP contribution is -2.00. The van der Waals surface area contributed by atoms with Gasteiger partial charge in [0.2, 0.25) is 0 Å². The zero-order valence-electron chi connectivity index (χ0n) is 9.14. The first-order valence-electron chi connectivity index (χ1n) is 5.07. The average Bonchev–Trinajstić information content (AvgIpc) is 2.80. The van der Waals surface area contributed by atoms with E-state index < -0.39 is 0 Å². The molecule has 4 heteroatoms. The minimum Gasteiger partial charge on any atom is -0.472 e. The Kier molecular flexibility index (Phi) is 3.88. The molecule has 0 bridgehead atoms. The Labute approximate surface area is 99.3 Å². The van der Waals surface area contributed by atoms with Crippen LogP contribution in [0.25, 0.3) is 0 Å². The van der Waals surface area contributed by atoms with Crippen LogP contribution in [0.1, 0.15) is 11.1 Å². The number of nitrogens with zero attached hydrogens (tertiary/aromatic N) is 1. The molecular weight excluding hydrogens is 220 g/mol. The van der Waals surface area contributed by atoms with Gasteiger partial charge in [-0.05, 0) is 30.0 Å². The number of pyridine rings is 1. The fourth-order valence-corrected chi connectivity index (χ4v) is 1.93. The summed E-state index contributed by atoms with van der Waals surface area (Å²) in [6, 6.07) is 6.06. The van der Waals surface area contributed by atoms with E-state index >= 15 is 0 Å². The van der Waals surface area contributed by atoms with Crippen LogP contribution in [0.15, 0.2) is 41.3 Å². The molecule has 0 radical (unpaired) electrons. The SMILES string of the molecule is CSCc1ccnc(NCc2ccoc2)c1. The lowest BCUT2D eigenvalue weighted by atomic mass is 10.3. The quantitative estimate of drug-likeness (QED) is 0.862. The van der Waals surface area contributed by atoms with Gasteiger partial charge in [0.25, 0.3) is 0 Å². The smallest absolute Gasteiger partial charge is 0.126 e. The minimum absolute atomic E-state index is 0.742. The fraction of sp³-hybridized carbons (Fsp3) is 0.250. The van der Waals surface area contributed by atoms with E-state index in [4.69, 9.17) is 4.42 Å². The van der Waals surface area contributed by atoms with Gasteiger partial charge in [-0.1, -0.05) is 0 Å². The third-order valence-corrected chi connectivity index (χ3v) is 2.81. The summed E-state index contributed by atoms with van der Waals surface area (Å²) in [6.45, 7) is 0.742. The summed E-state index contributed by atoms with van der Waals surface area (Å²) in [6.07, 6.45) is 7.34. The van der Waals surface area contributed by atoms with Crippen LogP contribution in [0.2, 0.25) is 0 Å². The van der Waals surface area contributed by atoms with Gasteiger partial charge >= 0.3 is 0 Å². The minimum atomic E-state index is 0.742. The second-order valence-electron chi connectivity index (χ2n) is 3.47. The molecule has 0 aliphatic carbocycles. The first kappa shape index (κ1) is 11.1. The van der Waals surface area contributed by atoms with E-state index in [0.29, 0.717) is 0 Å². The topological polar surface area (TPSA) is 38.1 Å². The molecular formula is C12H14N2OS. The van der Waals surface area contributed by atoms with Gasteiger partial charge in [-0.25, -0.2) is 4.98 Å². The van der Waals surface area contributed by atoms with Gasteiger partial charge in [0.1, 0.15) is 5.82 Å². The summed E-state index contributed by atoms with van der Waals surface area (Å²) in [4.78, 5) is 4.27. The fourth-order valence-electron chi connectivity index (χ4n) is 1.41. The van der Waals surface area contributed by atoms with Crippen LogP contribution >= 0.6 is 11.8 Å². The molecule has 0 atom stereocenters. The van der Waals surface area contributed by atoms with Gasteiger partial charge in [0.15, 0.2) is 0 Å². The third-order valence-electron chi connectivity index (χ3n) is 2.19. The van der Waals surface area contributed by atoms with Crippen LogP contribution < -0.4 is 5.32 Å². The summed E-state index contributed by atoms with van der Waals surface area (Å²) >= 11 is 1.81. The summed E-state index contributed by atoms with van der Waals surface area (Å²) in [7, 11) is 0. The monoisotopic (exact) mass is 234 g/mol. The second kappa shape index (κ2) is 5.61. The van der Waals surface area contributed by atoms with Crippen molar-refractivity contribution in [3.8, 4) is 0 Å². The molecule has 0 saturated carbocycles. The summed E-state index contributed by atoms with van der Waals surface area (Å²) < 4.78 is 5.00. The molecule has 2 rings (SSSR count). The predicted octanol–water partition coefficient (Wildman–Crippen LogP) is 3.15. The molecule has 2 heterocycles. The molecule has 0 saturated heterocycles. The molecule has 0 aromatic carbocycles. The molecule has 84 valence electrons. The van der Waals surface area contributed by atoms with Crippen LogP contribution in [0.5, 0.6) is 0 Å². The number of rotatable bonds is 5. The number of thioether (sulfide) groups is 1. The normalized spacial score (nSPS) is 10.3. The van der Waals surface area contributed by atoms with Crippen molar-refractivity contribution in [1.82, 2.24) is 4.98 Å². The lowest BCUT2D eigenvalue weighted by Gasteiger charge is -2.05. The first-order chi connectivity index (χ1) is 7.88. The van der Waals surface area contributed by atoms with Crippen molar-refractivity contribution >= 4 is 17.6 Å². The Morgan fingerprint density at radius 1 is 1.38 bits per heavy atom. The molecule has 16 heavy (non-hydrogen) atoms. The van der Waals surface area contributed by atoms with Gasteiger partial charge in [0.05, 0.1) is 12.5 Å². The maximum Gasteiger partial charge on any atom is 0.126 e. The molecule has 3 nitrogen and oxygen atoms in total. The van der Waals surface area contributed by atoms with Crippen molar-refractivity contribution < 1.29 is 4.42 Å². The summed E-state index contributed by atoms with van der Waals surface area (Å²) in [5.41, 5.74) is 2.41. The zero-order chi connectivity index (χ0) is 11.2. The lowest BCUT2D eigenvalue weighted by molar-refractivity contribution is 0.564. The number of furan rings is 1. The van der Waals surface area contributed by atoms with Crippen LogP contribution in [-0.2, 0) is 12.3 Å². The molecule has 1 N–H and O–H groups in total. The second-order valence-corrected chi connectivity index (χ2v) is 4.33. The van der Waals surface area contributed by atoms with Crippen LogP contribution in [-0.4, -0.2) is 11.2 Å². The van der Waals surface area contributed by atoms with Gasteiger partial charge in [0, 0.05) is 24.1 Å². The standard InChI is InChI=1S/C12H14N2OS/c1-16-9-10-2-4-13-12(6-10)14-7-11-3-5-15-8-11/h2-6,8H,7,9H2,1H3,(H,13,14). The number of aromatic nitrogens is 1. The van der Waals surface area contributed by atoms with E-state index in [2.05, 4.69) is 22.6 Å². The van der Waals surface area contributed by atoms with Gasteiger partial charge in [-0.2, -0.15) is 11.8 Å². The van der Waals surface area contributed by atoms with Gasteiger partial charge in [-0.15, -0.1) is 0 Å². The molecule has 0 aliphatic rings. The Bertz CT molecular complexity index is 428. The summed E-state index contributed by atoms with van der Waals surface area (Å²) in [5, 5.41) is 3.27. The van der Waals surface area contributed by atoms with Crippen molar-refractivity contribution in [3.05, 3.63) is 48.0 Å². The van der Waals surface area contributed by atoms with Crippen LogP contribution in [0.4, 0.5) is 5.82 Å². The van der Waals surface area contributed by atoms with Crippen molar-refractivity contribution in [3.63, 3.8) is 0 Å². The van der Waals surface area contributed by atoms with E-state index in [9.17, 15) is 0 Å². The maximum atomic E-state index is 5.00. The van der Waals surface area contributed by atoms with Crippen molar-refractivity contribution in [2.75, 3.05) is 11.6 Å². The van der Waals surface area contributed by atoms with Crippen molar-refractivity contribution in [1.29, 1.82) is 0 Å². The number of hydrogen-bond acceptors (Lipinski definition) is 4. The molecule has 2 aromatic rings. The Balaban J connectivity index is 1.96. The maximum absolute atomic E-state index is 5.00. The van der Waals surface area contributed by atoms with Crippen LogP contribution in [0.3, 0.4) is 0 Å². The highest BCUT2D eigenvalue weighted by molar-refractivity contribution is 7.97. The molecule has 0 aliphatic heterocycles. The van der Waals surface area contributed by atoms with Crippen molar-refractivity contribution in [2.45, 2.75) is 12.3 Å². The Morgan fingerprint density at radius 3 is 3.06 bits per heavy atom. The van der Waals surface area contributed by atoms with Gasteiger partial charge < -0.3 is 9.73 Å². The molecule has 0 amide bonds. The molecule has 2 aromatic heterocycles. The van der Waals surface area contributed by atoms with E-state index in [1.807, 2.05) is 30.1 Å². The Hall–Kier alpha value is -1.42. The zero-order valence-corrected chi connectivity index (χ0v) is 9.96. The van der Waals surface area contributed by atoms with E-state index in [0.717, 1.165) is 23.7 Å². The van der Waals surface area contributed by atoms with Crippen LogP contribution in [0, 0.1) is 0 Å².